The molecule has 1 aliphatic rings. The van der Waals surface area contributed by atoms with Crippen molar-refractivity contribution in [2.45, 2.75) is 37.8 Å². The van der Waals surface area contributed by atoms with Gasteiger partial charge in [0.1, 0.15) is 0 Å². The van der Waals surface area contributed by atoms with Crippen molar-refractivity contribution in [2.75, 3.05) is 14.1 Å². The topological polar surface area (TPSA) is 33.5 Å². The van der Waals surface area contributed by atoms with Gasteiger partial charge in [0.2, 0.25) is 0 Å². The second-order valence-corrected chi connectivity index (χ2v) is 5.41. The summed E-state index contributed by atoms with van der Waals surface area (Å²) in [5.74, 6) is 0.160. The van der Waals surface area contributed by atoms with E-state index in [-0.39, 0.29) is 11.9 Å². The van der Waals surface area contributed by atoms with Gasteiger partial charge >= 0.3 is 0 Å². The molecule has 1 aromatic rings. The van der Waals surface area contributed by atoms with Crippen molar-refractivity contribution in [1.82, 2.24) is 5.32 Å². The van der Waals surface area contributed by atoms with E-state index in [1.165, 1.54) is 12.8 Å². The molecule has 3 heteroatoms. The number of likely N-dealkylation sites (N-methyl/N-ethyl adjacent to an activating group) is 1. The molecule has 0 bridgehead atoms. The van der Waals surface area contributed by atoms with E-state index in [0.29, 0.717) is 6.04 Å². The quantitative estimate of drug-likeness (QED) is 0.815. The van der Waals surface area contributed by atoms with E-state index in [0.717, 1.165) is 23.3 Å². The molecule has 1 aliphatic carbocycles. The third kappa shape index (κ3) is 3.10. The fourth-order valence-corrected chi connectivity index (χ4v) is 2.75. The number of amides is 1. The summed E-state index contributed by atoms with van der Waals surface area (Å²) in [4.78, 5) is 13.6. The van der Waals surface area contributed by atoms with Gasteiger partial charge in [-0.05, 0) is 12.8 Å². The fourth-order valence-electron chi connectivity index (χ4n) is 2.75. The van der Waals surface area contributed by atoms with E-state index in [4.69, 9.17) is 0 Å². The second-order valence-electron chi connectivity index (χ2n) is 5.41. The van der Waals surface area contributed by atoms with E-state index in [1.54, 1.807) is 0 Å². The molecule has 1 atom stereocenters. The Morgan fingerprint density at radius 1 is 1.22 bits per heavy atom. The molecule has 1 fully saturated rings. The maximum atomic E-state index is 12.4. The molecule has 0 saturated heterocycles. The summed E-state index contributed by atoms with van der Waals surface area (Å²) in [6, 6.07) is 10.3. The summed E-state index contributed by atoms with van der Waals surface area (Å²) in [6.07, 6.45) is 4.76. The zero-order valence-electron chi connectivity index (χ0n) is 11.3. The molecule has 2 rings (SSSR count). The highest BCUT2D eigenvalue weighted by molar-refractivity contribution is 5.82. The molecule has 3 nitrogen and oxygen atoms in total. The Kier molecular flexibility index (Phi) is 4.37. The molecule has 1 aromatic carbocycles. The fraction of sp³-hybridized carbons (Fsp3) is 0.533. The Hall–Kier alpha value is -1.35. The van der Waals surface area contributed by atoms with E-state index in [2.05, 4.69) is 5.32 Å². The van der Waals surface area contributed by atoms with Crippen molar-refractivity contribution >= 4 is 5.91 Å². The minimum atomic E-state index is -0.105. The zero-order chi connectivity index (χ0) is 13.0. The van der Waals surface area contributed by atoms with Crippen LogP contribution in [0.2, 0.25) is 0 Å². The van der Waals surface area contributed by atoms with Crippen molar-refractivity contribution in [3.8, 4) is 0 Å². The van der Waals surface area contributed by atoms with E-state index in [9.17, 15) is 4.79 Å². The Morgan fingerprint density at radius 3 is 2.39 bits per heavy atom. The summed E-state index contributed by atoms with van der Waals surface area (Å²) in [6.45, 7) is 0. The lowest BCUT2D eigenvalue weighted by Gasteiger charge is -2.23. The molecule has 0 radical (unpaired) electrons. The first-order valence-corrected chi connectivity index (χ1v) is 6.84. The Balaban J connectivity index is 2.07. The van der Waals surface area contributed by atoms with Gasteiger partial charge in [0.05, 0.1) is 14.1 Å². The highest BCUT2D eigenvalue weighted by Gasteiger charge is 2.29. The molecule has 2 N–H and O–H groups in total. The van der Waals surface area contributed by atoms with Crippen molar-refractivity contribution < 1.29 is 9.69 Å². The van der Waals surface area contributed by atoms with Crippen molar-refractivity contribution in [1.29, 1.82) is 0 Å². The van der Waals surface area contributed by atoms with Gasteiger partial charge in [-0.2, -0.15) is 0 Å². The van der Waals surface area contributed by atoms with Crippen LogP contribution in [-0.4, -0.2) is 26.0 Å². The monoisotopic (exact) mass is 247 g/mol. The highest BCUT2D eigenvalue weighted by Crippen LogP contribution is 2.18. The lowest BCUT2D eigenvalue weighted by atomic mass is 10.0. The first-order valence-electron chi connectivity index (χ1n) is 6.84. The third-order valence-electron chi connectivity index (χ3n) is 3.67. The van der Waals surface area contributed by atoms with Crippen molar-refractivity contribution in [3.05, 3.63) is 35.9 Å². The SMILES string of the molecule is C[NH+](C)C(C(=O)NC1CCCC1)c1ccccc1. The van der Waals surface area contributed by atoms with Crippen LogP contribution >= 0.6 is 0 Å². The molecule has 98 valence electrons. The molecule has 0 aliphatic heterocycles. The largest absolute Gasteiger partial charge is 0.348 e. The van der Waals surface area contributed by atoms with E-state index < -0.39 is 0 Å². The zero-order valence-corrected chi connectivity index (χ0v) is 11.3. The predicted molar refractivity (Wildman–Crippen MR) is 72.4 cm³/mol. The molecule has 0 aromatic heterocycles. The van der Waals surface area contributed by atoms with Crippen LogP contribution in [0.25, 0.3) is 0 Å². The van der Waals surface area contributed by atoms with Crippen LogP contribution in [0.4, 0.5) is 0 Å². The number of carbonyl (C=O) groups is 1. The van der Waals surface area contributed by atoms with Gasteiger partial charge in [-0.15, -0.1) is 0 Å². The number of rotatable bonds is 4. The smallest absolute Gasteiger partial charge is 0.283 e. The van der Waals surface area contributed by atoms with Crippen LogP contribution in [0.15, 0.2) is 30.3 Å². The van der Waals surface area contributed by atoms with Crippen molar-refractivity contribution in [3.63, 3.8) is 0 Å². The van der Waals surface area contributed by atoms with Gasteiger partial charge in [0.15, 0.2) is 6.04 Å². The van der Waals surface area contributed by atoms with Crippen LogP contribution in [0.3, 0.4) is 0 Å². The molecular weight excluding hydrogens is 224 g/mol. The molecule has 0 heterocycles. The summed E-state index contributed by atoms with van der Waals surface area (Å²) >= 11 is 0. The maximum absolute atomic E-state index is 12.4. The maximum Gasteiger partial charge on any atom is 0.283 e. The summed E-state index contributed by atoms with van der Waals surface area (Å²) in [5.41, 5.74) is 1.09. The summed E-state index contributed by atoms with van der Waals surface area (Å²) < 4.78 is 0. The normalized spacial score (nSPS) is 17.9. The Morgan fingerprint density at radius 2 is 1.83 bits per heavy atom. The molecule has 1 saturated carbocycles. The molecule has 1 amide bonds. The van der Waals surface area contributed by atoms with Gasteiger partial charge in [-0.3, -0.25) is 4.79 Å². The van der Waals surface area contributed by atoms with Gasteiger partial charge < -0.3 is 10.2 Å². The Bertz CT molecular complexity index is 383. The lowest BCUT2D eigenvalue weighted by molar-refractivity contribution is -0.881. The standard InChI is InChI=1S/C15H22N2O/c1-17(2)14(12-8-4-3-5-9-12)15(18)16-13-10-6-7-11-13/h3-5,8-9,13-14H,6-7,10-11H2,1-2H3,(H,16,18)/p+1. The molecular formula is C15H23N2O+. The first kappa shape index (κ1) is 13.1. The van der Waals surface area contributed by atoms with Gasteiger partial charge in [-0.1, -0.05) is 43.2 Å². The highest BCUT2D eigenvalue weighted by atomic mass is 16.2. The summed E-state index contributed by atoms with van der Waals surface area (Å²) in [5, 5.41) is 3.20. The first-order chi connectivity index (χ1) is 8.68. The predicted octanol–water partition coefficient (Wildman–Crippen LogP) is 0.931. The number of nitrogens with one attached hydrogen (secondary N) is 2. The van der Waals surface area contributed by atoms with Crippen LogP contribution in [0.5, 0.6) is 0 Å². The minimum absolute atomic E-state index is 0.105. The average molecular weight is 247 g/mol. The number of hydrogen-bond donors (Lipinski definition) is 2. The van der Waals surface area contributed by atoms with Crippen molar-refractivity contribution in [2.24, 2.45) is 0 Å². The van der Waals surface area contributed by atoms with Crippen LogP contribution < -0.4 is 10.2 Å². The van der Waals surface area contributed by atoms with E-state index in [1.807, 2.05) is 44.4 Å². The third-order valence-corrected chi connectivity index (χ3v) is 3.67. The van der Waals surface area contributed by atoms with Gasteiger partial charge in [0.25, 0.3) is 5.91 Å². The lowest BCUT2D eigenvalue weighted by Crippen LogP contribution is -3.07. The van der Waals surface area contributed by atoms with E-state index >= 15 is 0 Å². The molecule has 1 unspecified atom stereocenters. The number of quaternary nitrogens is 1. The number of hydrogen-bond acceptors (Lipinski definition) is 1. The Labute approximate surface area is 109 Å². The van der Waals surface area contributed by atoms with Crippen LogP contribution in [0.1, 0.15) is 37.3 Å². The average Bonchev–Trinajstić information content (AvgIpc) is 2.83. The number of benzene rings is 1. The minimum Gasteiger partial charge on any atom is -0.348 e. The number of carbonyl (C=O) groups excluding carboxylic acids is 1. The van der Waals surface area contributed by atoms with Gasteiger partial charge in [0, 0.05) is 11.6 Å². The molecule has 0 spiro atoms. The van der Waals surface area contributed by atoms with Crippen LogP contribution in [0, 0.1) is 0 Å². The summed E-state index contributed by atoms with van der Waals surface area (Å²) in [7, 11) is 4.07. The van der Waals surface area contributed by atoms with Crippen LogP contribution in [-0.2, 0) is 4.79 Å². The van der Waals surface area contributed by atoms with Gasteiger partial charge in [-0.25, -0.2) is 0 Å². The second kappa shape index (κ2) is 6.01. The molecule has 18 heavy (non-hydrogen) atoms.